The van der Waals surface area contributed by atoms with Crippen molar-refractivity contribution in [3.05, 3.63) is 47.3 Å². The fraction of sp³-hybridized carbons (Fsp3) is 0.278. The van der Waals surface area contributed by atoms with Crippen LogP contribution in [0, 0.1) is 0 Å². The highest BCUT2D eigenvalue weighted by Crippen LogP contribution is 2.28. The van der Waals surface area contributed by atoms with Crippen LogP contribution in [0.25, 0.3) is 27.9 Å². The third-order valence-electron chi connectivity index (χ3n) is 4.85. The Morgan fingerprint density at radius 1 is 1.28 bits per heavy atom. The molecule has 7 nitrogen and oxygen atoms in total. The minimum absolute atomic E-state index is 0.228. The maximum absolute atomic E-state index is 12.6. The lowest BCUT2D eigenvalue weighted by molar-refractivity contribution is 0.297. The van der Waals surface area contributed by atoms with Crippen LogP contribution in [-0.2, 0) is 0 Å². The third-order valence-corrected chi connectivity index (χ3v) is 4.85. The molecule has 1 aliphatic heterocycles. The van der Waals surface area contributed by atoms with E-state index in [0.717, 1.165) is 29.6 Å². The second-order valence-corrected chi connectivity index (χ2v) is 6.44. The van der Waals surface area contributed by atoms with Crippen LogP contribution in [0.5, 0.6) is 5.75 Å². The molecule has 4 aromatic rings. The van der Waals surface area contributed by atoms with Crippen LogP contribution in [-0.4, -0.2) is 30.7 Å². The lowest BCUT2D eigenvalue weighted by Gasteiger charge is -2.17. The topological polar surface area (TPSA) is 77.7 Å². The van der Waals surface area contributed by atoms with Gasteiger partial charge < -0.3 is 9.30 Å². The van der Waals surface area contributed by atoms with Crippen molar-refractivity contribution in [1.29, 1.82) is 0 Å². The molecule has 4 heterocycles. The molecule has 5 rings (SSSR count). The molecule has 0 saturated heterocycles. The molecule has 1 aromatic carbocycles. The SMILES string of the molecule is C[C@H]1CCCOc2ccnc3[nH]c(=O)n(c23)-c2ccc3ncn1c3c2. The Bertz CT molecular complexity index is 1150. The van der Waals surface area contributed by atoms with E-state index in [1.807, 2.05) is 30.6 Å². The van der Waals surface area contributed by atoms with Gasteiger partial charge in [0.15, 0.2) is 5.65 Å². The maximum Gasteiger partial charge on any atom is 0.332 e. The van der Waals surface area contributed by atoms with Gasteiger partial charge in [0.2, 0.25) is 0 Å². The summed E-state index contributed by atoms with van der Waals surface area (Å²) in [7, 11) is 0. The van der Waals surface area contributed by atoms with Gasteiger partial charge in [-0.2, -0.15) is 0 Å². The number of nitrogens with one attached hydrogen (secondary N) is 1. The van der Waals surface area contributed by atoms with E-state index in [1.54, 1.807) is 10.8 Å². The minimum Gasteiger partial charge on any atom is -0.491 e. The van der Waals surface area contributed by atoms with Crippen LogP contribution in [0.2, 0.25) is 0 Å². The summed E-state index contributed by atoms with van der Waals surface area (Å²) >= 11 is 0. The molecular weight excluding hydrogens is 318 g/mol. The molecule has 2 bridgehead atoms. The van der Waals surface area contributed by atoms with Crippen molar-refractivity contribution in [2.24, 2.45) is 0 Å². The van der Waals surface area contributed by atoms with Crippen molar-refractivity contribution in [3.63, 3.8) is 0 Å². The summed E-state index contributed by atoms with van der Waals surface area (Å²) in [6.07, 6.45) is 5.43. The molecule has 0 amide bonds. The Morgan fingerprint density at radius 2 is 2.20 bits per heavy atom. The molecule has 25 heavy (non-hydrogen) atoms. The van der Waals surface area contributed by atoms with Gasteiger partial charge in [-0.15, -0.1) is 0 Å². The van der Waals surface area contributed by atoms with Gasteiger partial charge in [0, 0.05) is 18.3 Å². The fourth-order valence-corrected chi connectivity index (χ4v) is 3.57. The highest BCUT2D eigenvalue weighted by atomic mass is 16.5. The predicted molar refractivity (Wildman–Crippen MR) is 94.4 cm³/mol. The van der Waals surface area contributed by atoms with Gasteiger partial charge in [0.1, 0.15) is 11.3 Å². The Labute approximate surface area is 142 Å². The fourth-order valence-electron chi connectivity index (χ4n) is 3.57. The standard InChI is InChI=1S/C18H17N5O2/c1-11-3-2-8-25-15-6-7-19-17-16(15)23(18(24)21-17)12-4-5-13-14(9-12)22(11)10-20-13/h4-7,9-11H,2-3,8H2,1H3,(H,19,21,24)/t11-/m0/s1. The van der Waals surface area contributed by atoms with Gasteiger partial charge in [-0.3, -0.25) is 9.55 Å². The van der Waals surface area contributed by atoms with Gasteiger partial charge in [0.25, 0.3) is 0 Å². The second-order valence-electron chi connectivity index (χ2n) is 6.44. The van der Waals surface area contributed by atoms with E-state index < -0.39 is 0 Å². The number of fused-ring (bicyclic) bond motifs is 2. The quantitative estimate of drug-likeness (QED) is 0.536. The van der Waals surface area contributed by atoms with Crippen molar-refractivity contribution < 1.29 is 4.74 Å². The first-order valence-electron chi connectivity index (χ1n) is 8.42. The number of aromatic nitrogens is 5. The van der Waals surface area contributed by atoms with E-state index in [0.29, 0.717) is 29.6 Å². The second kappa shape index (κ2) is 5.20. The van der Waals surface area contributed by atoms with E-state index in [2.05, 4.69) is 26.4 Å². The van der Waals surface area contributed by atoms with Gasteiger partial charge >= 0.3 is 5.69 Å². The molecule has 0 saturated carbocycles. The van der Waals surface area contributed by atoms with Crippen molar-refractivity contribution in [2.45, 2.75) is 25.8 Å². The monoisotopic (exact) mass is 335 g/mol. The lowest BCUT2D eigenvalue weighted by atomic mass is 10.1. The number of aromatic amines is 1. The third kappa shape index (κ3) is 2.08. The zero-order valence-corrected chi connectivity index (χ0v) is 13.8. The molecule has 126 valence electrons. The summed E-state index contributed by atoms with van der Waals surface area (Å²) in [4.78, 5) is 24.2. The van der Waals surface area contributed by atoms with Crippen LogP contribution in [0.3, 0.4) is 0 Å². The Balaban J connectivity index is 1.88. The predicted octanol–water partition coefficient (Wildman–Crippen LogP) is 2.80. The van der Waals surface area contributed by atoms with Crippen molar-refractivity contribution in [2.75, 3.05) is 6.61 Å². The van der Waals surface area contributed by atoms with Crippen LogP contribution in [0.1, 0.15) is 25.8 Å². The van der Waals surface area contributed by atoms with E-state index in [1.165, 1.54) is 0 Å². The summed E-state index contributed by atoms with van der Waals surface area (Å²) in [5, 5.41) is 0. The number of benzene rings is 1. The number of imidazole rings is 2. The van der Waals surface area contributed by atoms with Crippen LogP contribution in [0.4, 0.5) is 0 Å². The highest BCUT2D eigenvalue weighted by Gasteiger charge is 2.18. The molecule has 0 spiro atoms. The molecule has 0 aliphatic carbocycles. The summed E-state index contributed by atoms with van der Waals surface area (Å²) in [6.45, 7) is 2.77. The molecular formula is C18H17N5O2. The average Bonchev–Trinajstić information content (AvgIpc) is 3.17. The summed E-state index contributed by atoms with van der Waals surface area (Å²) in [5.74, 6) is 0.671. The van der Waals surface area contributed by atoms with Gasteiger partial charge in [-0.05, 0) is 38.0 Å². The smallest absolute Gasteiger partial charge is 0.332 e. The molecule has 0 unspecified atom stereocenters. The largest absolute Gasteiger partial charge is 0.491 e. The molecule has 1 aliphatic rings. The molecule has 0 radical (unpaired) electrons. The van der Waals surface area contributed by atoms with Gasteiger partial charge in [0.05, 0.1) is 29.7 Å². The molecule has 7 heteroatoms. The maximum atomic E-state index is 12.6. The van der Waals surface area contributed by atoms with Crippen molar-refractivity contribution in [1.82, 2.24) is 24.1 Å². The molecule has 0 fully saturated rings. The highest BCUT2D eigenvalue weighted by molar-refractivity contribution is 5.83. The average molecular weight is 335 g/mol. The Morgan fingerprint density at radius 3 is 3.12 bits per heavy atom. The molecule has 3 aromatic heterocycles. The number of hydrogen-bond donors (Lipinski definition) is 1. The first-order chi connectivity index (χ1) is 12.2. The van der Waals surface area contributed by atoms with Crippen LogP contribution in [0.15, 0.2) is 41.6 Å². The number of H-pyrrole nitrogens is 1. The van der Waals surface area contributed by atoms with Gasteiger partial charge in [-0.1, -0.05) is 0 Å². The number of hydrogen-bond acceptors (Lipinski definition) is 4. The number of rotatable bonds is 0. The van der Waals surface area contributed by atoms with Gasteiger partial charge in [-0.25, -0.2) is 14.8 Å². The number of pyridine rings is 1. The Kier molecular flexibility index (Phi) is 2.97. The van der Waals surface area contributed by atoms with Crippen molar-refractivity contribution >= 4 is 22.2 Å². The zero-order chi connectivity index (χ0) is 17.0. The number of ether oxygens (including phenoxy) is 1. The Hall–Kier alpha value is -3.09. The minimum atomic E-state index is -0.228. The van der Waals surface area contributed by atoms with E-state index in [-0.39, 0.29) is 5.69 Å². The normalized spacial score (nSPS) is 17.4. The molecule has 1 atom stereocenters. The number of nitrogens with zero attached hydrogens (tertiary/aromatic N) is 4. The lowest BCUT2D eigenvalue weighted by Crippen LogP contribution is -2.15. The van der Waals surface area contributed by atoms with Crippen LogP contribution >= 0.6 is 0 Å². The first-order valence-corrected chi connectivity index (χ1v) is 8.42. The van der Waals surface area contributed by atoms with E-state index >= 15 is 0 Å². The summed E-state index contributed by atoms with van der Waals surface area (Å²) in [6, 6.07) is 7.97. The van der Waals surface area contributed by atoms with Crippen LogP contribution < -0.4 is 10.4 Å². The van der Waals surface area contributed by atoms with Crippen molar-refractivity contribution in [3.8, 4) is 11.4 Å². The summed E-state index contributed by atoms with van der Waals surface area (Å²) < 4.78 is 9.77. The first kappa shape index (κ1) is 14.3. The van der Waals surface area contributed by atoms with E-state index in [4.69, 9.17) is 4.74 Å². The zero-order valence-electron chi connectivity index (χ0n) is 13.8. The molecule has 1 N–H and O–H groups in total. The summed E-state index contributed by atoms with van der Waals surface area (Å²) in [5.41, 5.74) is 3.70. The van der Waals surface area contributed by atoms with E-state index in [9.17, 15) is 4.79 Å².